The number of benzene rings is 1. The SMILES string of the molecule is CC[C@@H]1CCc2c(c3cc(F)ccc3n2C)C1. The minimum absolute atomic E-state index is 0.121. The number of fused-ring (bicyclic) bond motifs is 3. The summed E-state index contributed by atoms with van der Waals surface area (Å²) >= 11 is 0. The zero-order chi connectivity index (χ0) is 12.0. The van der Waals surface area contributed by atoms with Gasteiger partial charge in [-0.05, 0) is 48.9 Å². The smallest absolute Gasteiger partial charge is 0.123 e. The van der Waals surface area contributed by atoms with Gasteiger partial charge in [0.25, 0.3) is 0 Å². The number of hydrogen-bond acceptors (Lipinski definition) is 0. The van der Waals surface area contributed by atoms with Crippen molar-refractivity contribution >= 4 is 10.9 Å². The van der Waals surface area contributed by atoms with Gasteiger partial charge in [0.15, 0.2) is 0 Å². The molecule has 1 aliphatic rings. The van der Waals surface area contributed by atoms with E-state index in [1.165, 1.54) is 29.6 Å². The van der Waals surface area contributed by atoms with Crippen LogP contribution in [0.5, 0.6) is 0 Å². The van der Waals surface area contributed by atoms with Gasteiger partial charge >= 0.3 is 0 Å². The van der Waals surface area contributed by atoms with E-state index in [-0.39, 0.29) is 5.82 Å². The van der Waals surface area contributed by atoms with Gasteiger partial charge < -0.3 is 4.57 Å². The van der Waals surface area contributed by atoms with Crippen LogP contribution >= 0.6 is 0 Å². The van der Waals surface area contributed by atoms with E-state index in [9.17, 15) is 4.39 Å². The van der Waals surface area contributed by atoms with Gasteiger partial charge in [-0.25, -0.2) is 4.39 Å². The molecule has 0 saturated heterocycles. The second kappa shape index (κ2) is 3.86. The lowest BCUT2D eigenvalue weighted by atomic mass is 9.85. The van der Waals surface area contributed by atoms with Crippen molar-refractivity contribution in [3.05, 3.63) is 35.3 Å². The fourth-order valence-corrected chi connectivity index (χ4v) is 3.17. The van der Waals surface area contributed by atoms with Gasteiger partial charge in [-0.15, -0.1) is 0 Å². The molecule has 0 amide bonds. The zero-order valence-corrected chi connectivity index (χ0v) is 10.5. The van der Waals surface area contributed by atoms with Crippen LogP contribution in [0.1, 0.15) is 31.0 Å². The van der Waals surface area contributed by atoms with Crippen molar-refractivity contribution in [3.63, 3.8) is 0 Å². The number of nitrogens with zero attached hydrogens (tertiary/aromatic N) is 1. The van der Waals surface area contributed by atoms with Gasteiger partial charge in [-0.2, -0.15) is 0 Å². The van der Waals surface area contributed by atoms with Crippen molar-refractivity contribution in [1.29, 1.82) is 0 Å². The topological polar surface area (TPSA) is 4.93 Å². The summed E-state index contributed by atoms with van der Waals surface area (Å²) in [5.41, 5.74) is 3.98. The second-order valence-corrected chi connectivity index (χ2v) is 5.16. The Balaban J connectivity index is 2.23. The number of halogens is 1. The van der Waals surface area contributed by atoms with Crippen molar-refractivity contribution in [2.75, 3.05) is 0 Å². The first-order chi connectivity index (χ1) is 8.20. The summed E-state index contributed by atoms with van der Waals surface area (Å²) in [5.74, 6) is 0.654. The van der Waals surface area contributed by atoms with E-state index in [0.29, 0.717) is 0 Å². The number of aryl methyl sites for hydroxylation is 1. The minimum Gasteiger partial charge on any atom is -0.347 e. The predicted octanol–water partition coefficient (Wildman–Crippen LogP) is 3.83. The molecular weight excluding hydrogens is 213 g/mol. The fourth-order valence-electron chi connectivity index (χ4n) is 3.17. The summed E-state index contributed by atoms with van der Waals surface area (Å²) in [6, 6.07) is 5.17. The molecule has 0 aliphatic heterocycles. The normalized spacial score (nSPS) is 19.6. The summed E-state index contributed by atoms with van der Waals surface area (Å²) in [5, 5.41) is 1.13. The third kappa shape index (κ3) is 1.58. The molecule has 0 N–H and O–H groups in total. The molecule has 1 aromatic heterocycles. The van der Waals surface area contributed by atoms with Crippen molar-refractivity contribution in [3.8, 4) is 0 Å². The third-order valence-corrected chi connectivity index (χ3v) is 4.26. The van der Waals surface area contributed by atoms with E-state index in [2.05, 4.69) is 18.5 Å². The lowest BCUT2D eigenvalue weighted by Crippen LogP contribution is -2.14. The van der Waals surface area contributed by atoms with Gasteiger partial charge in [0.2, 0.25) is 0 Å². The molecule has 0 bridgehead atoms. The van der Waals surface area contributed by atoms with Crippen LogP contribution in [0.2, 0.25) is 0 Å². The lowest BCUT2D eigenvalue weighted by Gasteiger charge is -2.22. The van der Waals surface area contributed by atoms with Crippen LogP contribution in [-0.2, 0) is 19.9 Å². The molecular formula is C15H18FN. The van der Waals surface area contributed by atoms with E-state index in [1.807, 2.05) is 6.07 Å². The molecule has 1 heterocycles. The van der Waals surface area contributed by atoms with E-state index in [1.54, 1.807) is 12.1 Å². The van der Waals surface area contributed by atoms with Gasteiger partial charge in [0.05, 0.1) is 0 Å². The highest BCUT2D eigenvalue weighted by Gasteiger charge is 2.23. The van der Waals surface area contributed by atoms with Crippen molar-refractivity contribution < 1.29 is 4.39 Å². The monoisotopic (exact) mass is 231 g/mol. The molecule has 0 radical (unpaired) electrons. The summed E-state index contributed by atoms with van der Waals surface area (Å²) < 4.78 is 15.6. The van der Waals surface area contributed by atoms with Gasteiger partial charge in [0, 0.05) is 23.6 Å². The van der Waals surface area contributed by atoms with Crippen LogP contribution in [-0.4, -0.2) is 4.57 Å². The second-order valence-electron chi connectivity index (χ2n) is 5.16. The minimum atomic E-state index is -0.121. The third-order valence-electron chi connectivity index (χ3n) is 4.26. The zero-order valence-electron chi connectivity index (χ0n) is 10.5. The van der Waals surface area contributed by atoms with E-state index in [4.69, 9.17) is 0 Å². The molecule has 17 heavy (non-hydrogen) atoms. The number of hydrogen-bond donors (Lipinski definition) is 0. The Labute approximate surface area is 101 Å². The van der Waals surface area contributed by atoms with Crippen LogP contribution in [0, 0.1) is 11.7 Å². The molecule has 2 aromatic rings. The lowest BCUT2D eigenvalue weighted by molar-refractivity contribution is 0.439. The molecule has 2 heteroatoms. The van der Waals surface area contributed by atoms with E-state index < -0.39 is 0 Å². The molecule has 1 aromatic carbocycles. The molecule has 0 fully saturated rings. The maximum atomic E-state index is 13.4. The summed E-state index contributed by atoms with van der Waals surface area (Å²) in [6.07, 6.45) is 4.76. The van der Waals surface area contributed by atoms with Crippen LogP contribution < -0.4 is 0 Å². The fraction of sp³-hybridized carbons (Fsp3) is 0.467. The predicted molar refractivity (Wildman–Crippen MR) is 68.7 cm³/mol. The van der Waals surface area contributed by atoms with Crippen molar-refractivity contribution in [2.45, 2.75) is 32.6 Å². The Bertz CT molecular complexity index is 568. The Kier molecular flexibility index (Phi) is 2.46. The molecule has 1 atom stereocenters. The molecule has 3 rings (SSSR count). The highest BCUT2D eigenvalue weighted by molar-refractivity contribution is 5.85. The highest BCUT2D eigenvalue weighted by atomic mass is 19.1. The molecule has 1 nitrogen and oxygen atoms in total. The quantitative estimate of drug-likeness (QED) is 0.703. The first-order valence-corrected chi connectivity index (χ1v) is 6.46. The van der Waals surface area contributed by atoms with Crippen LogP contribution in [0.4, 0.5) is 4.39 Å². The number of aromatic nitrogens is 1. The molecule has 1 aliphatic carbocycles. The van der Waals surface area contributed by atoms with Gasteiger partial charge in [-0.3, -0.25) is 0 Å². The van der Waals surface area contributed by atoms with E-state index in [0.717, 1.165) is 24.1 Å². The molecule has 0 spiro atoms. The maximum Gasteiger partial charge on any atom is 0.123 e. The molecule has 0 saturated carbocycles. The average molecular weight is 231 g/mol. The highest BCUT2D eigenvalue weighted by Crippen LogP contribution is 2.34. The van der Waals surface area contributed by atoms with Crippen molar-refractivity contribution in [2.24, 2.45) is 13.0 Å². The number of rotatable bonds is 1. The first-order valence-electron chi connectivity index (χ1n) is 6.46. The summed E-state index contributed by atoms with van der Waals surface area (Å²) in [4.78, 5) is 0. The van der Waals surface area contributed by atoms with Gasteiger partial charge in [-0.1, -0.05) is 13.3 Å². The van der Waals surface area contributed by atoms with E-state index >= 15 is 0 Å². The average Bonchev–Trinajstić information content (AvgIpc) is 2.62. The first kappa shape index (κ1) is 10.8. The van der Waals surface area contributed by atoms with Gasteiger partial charge in [0.1, 0.15) is 5.82 Å². The summed E-state index contributed by atoms with van der Waals surface area (Å²) in [7, 11) is 2.10. The Morgan fingerprint density at radius 1 is 1.41 bits per heavy atom. The molecule has 0 unspecified atom stereocenters. The van der Waals surface area contributed by atoms with Crippen LogP contribution in [0.3, 0.4) is 0 Å². The standard InChI is InChI=1S/C15H18FN/c1-3-10-4-6-14-12(8-10)13-9-11(16)5-7-15(13)17(14)2/h5,7,9-10H,3-4,6,8H2,1-2H3/t10-/m1/s1. The maximum absolute atomic E-state index is 13.4. The Morgan fingerprint density at radius 3 is 3.00 bits per heavy atom. The molecule has 90 valence electrons. The van der Waals surface area contributed by atoms with Crippen LogP contribution in [0.15, 0.2) is 18.2 Å². The Morgan fingerprint density at radius 2 is 2.24 bits per heavy atom. The largest absolute Gasteiger partial charge is 0.347 e. The Hall–Kier alpha value is -1.31. The van der Waals surface area contributed by atoms with Crippen molar-refractivity contribution in [1.82, 2.24) is 4.57 Å². The summed E-state index contributed by atoms with van der Waals surface area (Å²) in [6.45, 7) is 2.25. The van der Waals surface area contributed by atoms with Crippen LogP contribution in [0.25, 0.3) is 10.9 Å².